The van der Waals surface area contributed by atoms with E-state index in [-0.39, 0.29) is 25.2 Å². The molecular weight excluding hydrogens is 524 g/mol. The van der Waals surface area contributed by atoms with Crippen molar-refractivity contribution in [1.82, 2.24) is 0 Å². The van der Waals surface area contributed by atoms with Crippen LogP contribution in [-0.2, 0) is 19.1 Å². The Hall–Kier alpha value is -2.40. The van der Waals surface area contributed by atoms with E-state index in [0.717, 1.165) is 51.4 Å². The Labute approximate surface area is 258 Å². The van der Waals surface area contributed by atoms with Gasteiger partial charge in [0.2, 0.25) is 0 Å². The van der Waals surface area contributed by atoms with Crippen molar-refractivity contribution < 1.29 is 24.2 Å². The molecule has 0 unspecified atom stereocenters. The van der Waals surface area contributed by atoms with Gasteiger partial charge in [0.1, 0.15) is 6.61 Å². The summed E-state index contributed by atoms with van der Waals surface area (Å²) >= 11 is 0. The molecule has 0 aromatic carbocycles. The minimum Gasteiger partial charge on any atom is -0.462 e. The molecule has 1 N–H and O–H groups in total. The number of aliphatic hydroxyl groups is 1. The molecule has 0 saturated carbocycles. The summed E-state index contributed by atoms with van der Waals surface area (Å²) in [6.07, 6.45) is 41.3. The number of rotatable bonds is 29. The first-order valence-electron chi connectivity index (χ1n) is 16.8. The zero-order valence-electron chi connectivity index (χ0n) is 27.0. The molecule has 0 bridgehead atoms. The molecule has 1 atom stereocenters. The topological polar surface area (TPSA) is 72.8 Å². The monoisotopic (exact) mass is 586 g/mol. The summed E-state index contributed by atoms with van der Waals surface area (Å²) in [7, 11) is 0. The van der Waals surface area contributed by atoms with Gasteiger partial charge in [-0.2, -0.15) is 0 Å². The number of ether oxygens (including phenoxy) is 2. The molecule has 240 valence electrons. The lowest BCUT2D eigenvalue weighted by molar-refractivity contribution is -0.161. The van der Waals surface area contributed by atoms with E-state index in [1.54, 1.807) is 0 Å². The third-order valence-electron chi connectivity index (χ3n) is 6.78. The zero-order valence-corrected chi connectivity index (χ0v) is 27.0. The van der Waals surface area contributed by atoms with Crippen molar-refractivity contribution in [2.45, 2.75) is 148 Å². The van der Waals surface area contributed by atoms with Crippen molar-refractivity contribution in [2.75, 3.05) is 13.2 Å². The van der Waals surface area contributed by atoms with Crippen LogP contribution in [0.15, 0.2) is 60.8 Å². The second kappa shape index (κ2) is 33.1. The number of esters is 2. The van der Waals surface area contributed by atoms with Gasteiger partial charge in [0.25, 0.3) is 0 Å². The van der Waals surface area contributed by atoms with E-state index < -0.39 is 6.10 Å². The number of carbonyl (C=O) groups is 2. The van der Waals surface area contributed by atoms with Gasteiger partial charge < -0.3 is 14.6 Å². The molecular formula is C37H62O5. The fourth-order valence-corrected chi connectivity index (χ4v) is 4.17. The molecule has 0 spiro atoms. The molecule has 5 nitrogen and oxygen atoms in total. The van der Waals surface area contributed by atoms with Gasteiger partial charge in [-0.05, 0) is 70.6 Å². The van der Waals surface area contributed by atoms with Gasteiger partial charge in [-0.25, -0.2) is 0 Å². The predicted molar refractivity (Wildman–Crippen MR) is 177 cm³/mol. The highest BCUT2D eigenvalue weighted by atomic mass is 16.6. The first kappa shape index (κ1) is 39.6. The van der Waals surface area contributed by atoms with Gasteiger partial charge >= 0.3 is 11.9 Å². The lowest BCUT2D eigenvalue weighted by Gasteiger charge is -2.15. The van der Waals surface area contributed by atoms with Crippen LogP contribution in [0.3, 0.4) is 0 Å². The minimum atomic E-state index is -0.797. The van der Waals surface area contributed by atoms with Crippen LogP contribution in [0.4, 0.5) is 0 Å². The van der Waals surface area contributed by atoms with E-state index in [0.29, 0.717) is 19.3 Å². The number of allylic oxidation sites excluding steroid dienone is 10. The van der Waals surface area contributed by atoms with E-state index in [2.05, 4.69) is 74.6 Å². The third-order valence-corrected chi connectivity index (χ3v) is 6.78. The van der Waals surface area contributed by atoms with Crippen LogP contribution in [0, 0.1) is 0 Å². The van der Waals surface area contributed by atoms with Crippen molar-refractivity contribution in [3.05, 3.63) is 60.8 Å². The van der Waals surface area contributed by atoms with Gasteiger partial charge in [-0.15, -0.1) is 0 Å². The molecule has 0 amide bonds. The Morgan fingerprint density at radius 3 is 1.60 bits per heavy atom. The normalized spacial score (nSPS) is 12.9. The second-order valence-corrected chi connectivity index (χ2v) is 10.9. The highest BCUT2D eigenvalue weighted by molar-refractivity contribution is 5.70. The first-order chi connectivity index (χ1) is 20.6. The molecule has 0 fully saturated rings. The van der Waals surface area contributed by atoms with Crippen LogP contribution in [0.1, 0.15) is 142 Å². The second-order valence-electron chi connectivity index (χ2n) is 10.9. The molecule has 0 heterocycles. The minimum absolute atomic E-state index is 0.100. The highest BCUT2D eigenvalue weighted by Gasteiger charge is 2.15. The van der Waals surface area contributed by atoms with Crippen LogP contribution in [0.25, 0.3) is 0 Å². The van der Waals surface area contributed by atoms with E-state index in [1.807, 2.05) is 0 Å². The first-order valence-corrected chi connectivity index (χ1v) is 16.8. The van der Waals surface area contributed by atoms with Crippen LogP contribution < -0.4 is 0 Å². The molecule has 5 heteroatoms. The molecule has 0 rings (SSSR count). The lowest BCUT2D eigenvalue weighted by Crippen LogP contribution is -2.28. The average molecular weight is 587 g/mol. The van der Waals surface area contributed by atoms with Crippen LogP contribution in [0.2, 0.25) is 0 Å². The highest BCUT2D eigenvalue weighted by Crippen LogP contribution is 2.10. The summed E-state index contributed by atoms with van der Waals surface area (Å²) in [6.45, 7) is 3.98. The van der Waals surface area contributed by atoms with Crippen molar-refractivity contribution >= 4 is 11.9 Å². The van der Waals surface area contributed by atoms with Crippen molar-refractivity contribution in [3.63, 3.8) is 0 Å². The van der Waals surface area contributed by atoms with Gasteiger partial charge in [0.15, 0.2) is 6.10 Å². The maximum atomic E-state index is 12.1. The molecule has 0 aliphatic rings. The number of hydrogen-bond donors (Lipinski definition) is 1. The maximum Gasteiger partial charge on any atom is 0.306 e. The van der Waals surface area contributed by atoms with Gasteiger partial charge in [-0.3, -0.25) is 9.59 Å². The van der Waals surface area contributed by atoms with Gasteiger partial charge in [0.05, 0.1) is 6.61 Å². The summed E-state index contributed by atoms with van der Waals surface area (Å²) in [4.78, 5) is 24.1. The number of hydrogen-bond acceptors (Lipinski definition) is 5. The zero-order chi connectivity index (χ0) is 30.8. The molecule has 0 radical (unpaired) electrons. The molecule has 0 aromatic rings. The van der Waals surface area contributed by atoms with Crippen LogP contribution in [0.5, 0.6) is 0 Å². The summed E-state index contributed by atoms with van der Waals surface area (Å²) in [5.74, 6) is -0.676. The third kappa shape index (κ3) is 30.6. The summed E-state index contributed by atoms with van der Waals surface area (Å²) in [6, 6.07) is 0. The van der Waals surface area contributed by atoms with E-state index in [1.165, 1.54) is 57.8 Å². The largest absolute Gasteiger partial charge is 0.462 e. The van der Waals surface area contributed by atoms with Crippen molar-refractivity contribution in [1.29, 1.82) is 0 Å². The lowest BCUT2D eigenvalue weighted by atomic mass is 10.1. The summed E-state index contributed by atoms with van der Waals surface area (Å²) < 4.78 is 10.5. The van der Waals surface area contributed by atoms with Crippen molar-refractivity contribution in [3.8, 4) is 0 Å². The molecule has 42 heavy (non-hydrogen) atoms. The molecule has 0 aliphatic carbocycles. The smallest absolute Gasteiger partial charge is 0.306 e. The Morgan fingerprint density at radius 2 is 1.00 bits per heavy atom. The maximum absolute atomic E-state index is 12.1. The van der Waals surface area contributed by atoms with Crippen LogP contribution >= 0.6 is 0 Å². The SMILES string of the molecule is CCCC/C=C\CCCCCCCC(=O)O[C@@H](CO)COC(=O)CCC/C=C\C/C=C\C/C=C\C/C=C\CCCCC. The number of aliphatic hydroxyl groups excluding tert-OH is 1. The van der Waals surface area contributed by atoms with Crippen LogP contribution in [-0.4, -0.2) is 36.4 Å². The Morgan fingerprint density at radius 1 is 0.548 bits per heavy atom. The molecule has 0 aliphatic heterocycles. The van der Waals surface area contributed by atoms with Gasteiger partial charge in [0, 0.05) is 12.8 Å². The Balaban J connectivity index is 3.73. The van der Waals surface area contributed by atoms with Gasteiger partial charge in [-0.1, -0.05) is 120 Å². The number of carbonyl (C=O) groups excluding carboxylic acids is 2. The summed E-state index contributed by atoms with van der Waals surface area (Å²) in [5, 5.41) is 9.48. The number of unbranched alkanes of at least 4 members (excludes halogenated alkanes) is 11. The molecule has 0 saturated heterocycles. The quantitative estimate of drug-likeness (QED) is 0.0536. The fourth-order valence-electron chi connectivity index (χ4n) is 4.17. The Kier molecular flexibility index (Phi) is 31.2. The van der Waals surface area contributed by atoms with E-state index >= 15 is 0 Å². The van der Waals surface area contributed by atoms with E-state index in [9.17, 15) is 14.7 Å². The predicted octanol–water partition coefficient (Wildman–Crippen LogP) is 10.1. The molecule has 0 aromatic heterocycles. The van der Waals surface area contributed by atoms with E-state index in [4.69, 9.17) is 9.47 Å². The summed E-state index contributed by atoms with van der Waals surface area (Å²) in [5.41, 5.74) is 0. The van der Waals surface area contributed by atoms with Crippen molar-refractivity contribution in [2.24, 2.45) is 0 Å². The average Bonchev–Trinajstić information content (AvgIpc) is 2.99. The standard InChI is InChI=1S/C37H62O5/c1-3-5-7-9-11-13-15-16-17-18-19-20-22-23-25-27-29-31-36(39)41-34-35(33-38)42-37(40)32-30-28-26-24-21-14-12-10-8-6-4-2/h10-13,16-17,19-20,23,25,35,38H,3-9,14-15,18,21-22,24,26-34H2,1-2H3/b12-10-,13-11-,17-16-,20-19-,25-23-/t35-/m0/s1. The Bertz CT molecular complexity index is 762. The fraction of sp³-hybridized carbons (Fsp3) is 0.676.